The lowest BCUT2D eigenvalue weighted by Gasteiger charge is -2.10. The Labute approximate surface area is 121 Å². The summed E-state index contributed by atoms with van der Waals surface area (Å²) in [7, 11) is -3.35. The summed E-state index contributed by atoms with van der Waals surface area (Å²) in [5.74, 6) is -1.26. The monoisotopic (exact) mass is 312 g/mol. The summed E-state index contributed by atoms with van der Waals surface area (Å²) in [5.41, 5.74) is 1.34. The maximum absolute atomic E-state index is 13.5. The van der Waals surface area contributed by atoms with E-state index in [9.17, 15) is 17.2 Å². The van der Waals surface area contributed by atoms with E-state index in [0.29, 0.717) is 16.9 Å². The van der Waals surface area contributed by atoms with Gasteiger partial charge < -0.3 is 5.32 Å². The number of rotatable bonds is 5. The van der Waals surface area contributed by atoms with Gasteiger partial charge in [0.25, 0.3) is 0 Å². The maximum Gasteiger partial charge on any atom is 0.229 e. The molecule has 0 aromatic heterocycles. The Bertz CT molecular complexity index is 748. The van der Waals surface area contributed by atoms with Gasteiger partial charge in [-0.25, -0.2) is 17.2 Å². The number of benzene rings is 2. The van der Waals surface area contributed by atoms with Crippen molar-refractivity contribution in [1.29, 1.82) is 0 Å². The summed E-state index contributed by atoms with van der Waals surface area (Å²) in [6.45, 7) is 0.161. The Morgan fingerprint density at radius 1 is 1.05 bits per heavy atom. The van der Waals surface area contributed by atoms with Crippen molar-refractivity contribution in [2.24, 2.45) is 0 Å². The van der Waals surface area contributed by atoms with E-state index < -0.39 is 21.7 Å². The standard InChI is InChI=1S/C14H14F2N2O2S/c1-21(19,20)18-13-4-2-3-12(8-13)17-9-10-5-6-11(15)7-14(10)16/h2-8,17-18H,9H2,1H3. The van der Waals surface area contributed by atoms with Crippen molar-refractivity contribution in [3.8, 4) is 0 Å². The molecule has 0 atom stereocenters. The van der Waals surface area contributed by atoms with Gasteiger partial charge in [-0.15, -0.1) is 0 Å². The average molecular weight is 312 g/mol. The van der Waals surface area contributed by atoms with Gasteiger partial charge >= 0.3 is 0 Å². The van der Waals surface area contributed by atoms with Crippen LogP contribution >= 0.6 is 0 Å². The minimum absolute atomic E-state index is 0.161. The summed E-state index contributed by atoms with van der Waals surface area (Å²) in [6.07, 6.45) is 1.06. The minimum Gasteiger partial charge on any atom is -0.381 e. The molecule has 2 N–H and O–H groups in total. The van der Waals surface area contributed by atoms with Gasteiger partial charge in [-0.2, -0.15) is 0 Å². The normalized spacial score (nSPS) is 11.2. The van der Waals surface area contributed by atoms with Gasteiger partial charge in [0.2, 0.25) is 10.0 Å². The molecule has 2 aromatic rings. The van der Waals surface area contributed by atoms with Crippen LogP contribution in [0.1, 0.15) is 5.56 Å². The molecule has 0 saturated heterocycles. The highest BCUT2D eigenvalue weighted by atomic mass is 32.2. The quantitative estimate of drug-likeness (QED) is 0.892. The smallest absolute Gasteiger partial charge is 0.229 e. The molecule has 2 aromatic carbocycles. The van der Waals surface area contributed by atoms with Gasteiger partial charge in [-0.1, -0.05) is 12.1 Å². The van der Waals surface area contributed by atoms with Crippen molar-refractivity contribution in [3.05, 3.63) is 59.7 Å². The third kappa shape index (κ3) is 4.71. The second-order valence-corrected chi connectivity index (χ2v) is 6.29. The number of halogens is 2. The predicted molar refractivity (Wildman–Crippen MR) is 78.6 cm³/mol. The maximum atomic E-state index is 13.5. The van der Waals surface area contributed by atoms with Crippen LogP contribution in [-0.2, 0) is 16.6 Å². The van der Waals surface area contributed by atoms with Crippen molar-refractivity contribution in [2.75, 3.05) is 16.3 Å². The molecule has 0 spiro atoms. The van der Waals surface area contributed by atoms with Crippen molar-refractivity contribution >= 4 is 21.4 Å². The SMILES string of the molecule is CS(=O)(=O)Nc1cccc(NCc2ccc(F)cc2F)c1. The van der Waals surface area contributed by atoms with Crippen LogP contribution in [0.15, 0.2) is 42.5 Å². The van der Waals surface area contributed by atoms with E-state index in [-0.39, 0.29) is 6.54 Å². The lowest BCUT2D eigenvalue weighted by Crippen LogP contribution is -2.10. The molecule has 7 heteroatoms. The van der Waals surface area contributed by atoms with Crippen molar-refractivity contribution in [1.82, 2.24) is 0 Å². The molecule has 0 amide bonds. The van der Waals surface area contributed by atoms with Crippen LogP contribution in [0, 0.1) is 11.6 Å². The number of hydrogen-bond donors (Lipinski definition) is 2. The molecule has 2 rings (SSSR count). The van der Waals surface area contributed by atoms with Crippen molar-refractivity contribution in [3.63, 3.8) is 0 Å². The molecule has 0 aliphatic heterocycles. The Hall–Kier alpha value is -2.15. The molecule has 0 aliphatic carbocycles. The summed E-state index contributed by atoms with van der Waals surface area (Å²) < 4.78 is 50.9. The third-order valence-corrected chi connectivity index (χ3v) is 3.27. The van der Waals surface area contributed by atoms with E-state index in [1.54, 1.807) is 24.3 Å². The molecule has 112 valence electrons. The number of anilines is 2. The van der Waals surface area contributed by atoms with Gasteiger partial charge in [0.05, 0.1) is 11.9 Å². The van der Waals surface area contributed by atoms with E-state index >= 15 is 0 Å². The van der Waals surface area contributed by atoms with Crippen molar-refractivity contribution in [2.45, 2.75) is 6.54 Å². The Morgan fingerprint density at radius 3 is 2.43 bits per heavy atom. The Balaban J connectivity index is 2.08. The number of hydrogen-bond acceptors (Lipinski definition) is 3. The zero-order chi connectivity index (χ0) is 15.5. The summed E-state index contributed by atoms with van der Waals surface area (Å²) in [6, 6.07) is 9.93. The number of nitrogens with one attached hydrogen (secondary N) is 2. The van der Waals surface area contributed by atoms with Gasteiger partial charge in [-0.3, -0.25) is 4.72 Å². The molecule has 0 heterocycles. The lowest BCUT2D eigenvalue weighted by molar-refractivity contribution is 0.574. The Kier molecular flexibility index (Phi) is 4.42. The summed E-state index contributed by atoms with van der Waals surface area (Å²) in [5, 5.41) is 2.95. The van der Waals surface area contributed by atoms with Gasteiger partial charge in [0, 0.05) is 23.9 Å². The molecule has 4 nitrogen and oxygen atoms in total. The van der Waals surface area contributed by atoms with Gasteiger partial charge in [0.15, 0.2) is 0 Å². The molecular weight excluding hydrogens is 298 g/mol. The van der Waals surface area contributed by atoms with E-state index in [1.807, 2.05) is 0 Å². The third-order valence-electron chi connectivity index (χ3n) is 2.66. The van der Waals surface area contributed by atoms with E-state index in [1.165, 1.54) is 12.1 Å². The van der Waals surface area contributed by atoms with E-state index in [0.717, 1.165) is 12.3 Å². The minimum atomic E-state index is -3.35. The molecule has 0 bridgehead atoms. The van der Waals surface area contributed by atoms with Crippen LogP contribution < -0.4 is 10.0 Å². The first-order valence-corrected chi connectivity index (χ1v) is 7.98. The highest BCUT2D eigenvalue weighted by molar-refractivity contribution is 7.92. The fourth-order valence-electron chi connectivity index (χ4n) is 1.77. The van der Waals surface area contributed by atoms with Crippen LogP contribution in [-0.4, -0.2) is 14.7 Å². The zero-order valence-electron chi connectivity index (χ0n) is 11.2. The second-order valence-electron chi connectivity index (χ2n) is 4.54. The van der Waals surface area contributed by atoms with Crippen molar-refractivity contribution < 1.29 is 17.2 Å². The molecule has 0 saturated carbocycles. The Morgan fingerprint density at radius 2 is 1.76 bits per heavy atom. The first-order valence-electron chi connectivity index (χ1n) is 6.09. The predicted octanol–water partition coefficient (Wildman–Crippen LogP) is 2.95. The van der Waals surface area contributed by atoms with Gasteiger partial charge in [0.1, 0.15) is 11.6 Å². The van der Waals surface area contributed by atoms with Crippen LogP contribution in [0.5, 0.6) is 0 Å². The molecular formula is C14H14F2N2O2S. The van der Waals surface area contributed by atoms with Crippen LogP contribution in [0.2, 0.25) is 0 Å². The summed E-state index contributed by atoms with van der Waals surface area (Å²) >= 11 is 0. The molecule has 21 heavy (non-hydrogen) atoms. The first-order chi connectivity index (χ1) is 9.83. The zero-order valence-corrected chi connectivity index (χ0v) is 12.0. The summed E-state index contributed by atoms with van der Waals surface area (Å²) in [4.78, 5) is 0. The molecule has 0 unspecified atom stereocenters. The largest absolute Gasteiger partial charge is 0.381 e. The van der Waals surface area contributed by atoms with E-state index in [4.69, 9.17) is 0 Å². The molecule has 0 fully saturated rings. The first kappa shape index (κ1) is 15.2. The van der Waals surface area contributed by atoms with Crippen LogP contribution in [0.3, 0.4) is 0 Å². The van der Waals surface area contributed by atoms with Gasteiger partial charge in [-0.05, 0) is 24.3 Å². The molecule has 0 aliphatic rings. The van der Waals surface area contributed by atoms with E-state index in [2.05, 4.69) is 10.0 Å². The van der Waals surface area contributed by atoms with Crippen LogP contribution in [0.25, 0.3) is 0 Å². The fraction of sp³-hybridized carbons (Fsp3) is 0.143. The fourth-order valence-corrected chi connectivity index (χ4v) is 2.32. The second kappa shape index (κ2) is 6.09. The number of sulfonamides is 1. The van der Waals surface area contributed by atoms with Crippen LogP contribution in [0.4, 0.5) is 20.2 Å². The lowest BCUT2D eigenvalue weighted by atomic mass is 10.2. The molecule has 0 radical (unpaired) electrons. The highest BCUT2D eigenvalue weighted by Gasteiger charge is 2.05. The highest BCUT2D eigenvalue weighted by Crippen LogP contribution is 2.18. The topological polar surface area (TPSA) is 58.2 Å². The average Bonchev–Trinajstić information content (AvgIpc) is 2.36.